The van der Waals surface area contributed by atoms with Gasteiger partial charge >= 0.3 is 0 Å². The van der Waals surface area contributed by atoms with Crippen molar-refractivity contribution in [3.8, 4) is 11.3 Å². The van der Waals surface area contributed by atoms with E-state index in [1.54, 1.807) is 24.5 Å². The lowest BCUT2D eigenvalue weighted by molar-refractivity contribution is 0.139. The number of anilines is 1. The van der Waals surface area contributed by atoms with Crippen LogP contribution >= 0.6 is 0 Å². The van der Waals surface area contributed by atoms with Gasteiger partial charge in [-0.1, -0.05) is 13.3 Å². The van der Waals surface area contributed by atoms with Crippen LogP contribution in [0.3, 0.4) is 0 Å². The Labute approximate surface area is 182 Å². The van der Waals surface area contributed by atoms with Crippen molar-refractivity contribution in [3.63, 3.8) is 0 Å². The first-order chi connectivity index (χ1) is 15.1. The molecule has 164 valence electrons. The standard InChI is InChI=1S/C23H29FN6O/c1-2-3-21(31)17-30-16-18(14-27-30)15-28-10-12-29(13-11-28)23-22(25-8-9-26-23)19-4-6-20(24)7-5-19/h4-9,14,16,21,31H,2-3,10-13,15,17H2,1H3/t21-/m0/s1. The Morgan fingerprint density at radius 1 is 1.06 bits per heavy atom. The molecule has 2 aromatic heterocycles. The summed E-state index contributed by atoms with van der Waals surface area (Å²) in [6.07, 6.45) is 8.71. The molecule has 1 aliphatic rings. The molecule has 1 fully saturated rings. The Morgan fingerprint density at radius 3 is 2.55 bits per heavy atom. The van der Waals surface area contributed by atoms with E-state index in [4.69, 9.17) is 0 Å². The van der Waals surface area contributed by atoms with Gasteiger partial charge in [-0.3, -0.25) is 14.6 Å². The number of hydrogen-bond acceptors (Lipinski definition) is 6. The van der Waals surface area contributed by atoms with Crippen molar-refractivity contribution >= 4 is 5.82 Å². The second-order valence-corrected chi connectivity index (χ2v) is 8.01. The molecule has 0 radical (unpaired) electrons. The van der Waals surface area contributed by atoms with Gasteiger partial charge in [-0.25, -0.2) is 9.37 Å². The number of aliphatic hydroxyl groups is 1. The van der Waals surface area contributed by atoms with Crippen LogP contribution in [0.1, 0.15) is 25.3 Å². The smallest absolute Gasteiger partial charge is 0.155 e. The first-order valence-electron chi connectivity index (χ1n) is 10.9. The van der Waals surface area contributed by atoms with Crippen molar-refractivity contribution in [3.05, 3.63) is 60.4 Å². The van der Waals surface area contributed by atoms with Crippen molar-refractivity contribution in [2.45, 2.75) is 39.0 Å². The van der Waals surface area contributed by atoms with Crippen LogP contribution in [0.5, 0.6) is 0 Å². The number of halogens is 1. The van der Waals surface area contributed by atoms with Crippen LogP contribution < -0.4 is 4.90 Å². The second-order valence-electron chi connectivity index (χ2n) is 8.01. The van der Waals surface area contributed by atoms with Crippen LogP contribution in [0.25, 0.3) is 11.3 Å². The van der Waals surface area contributed by atoms with Crippen LogP contribution in [-0.4, -0.2) is 62.0 Å². The van der Waals surface area contributed by atoms with E-state index in [-0.39, 0.29) is 11.9 Å². The van der Waals surface area contributed by atoms with Crippen LogP contribution in [-0.2, 0) is 13.1 Å². The van der Waals surface area contributed by atoms with Crippen molar-refractivity contribution < 1.29 is 9.50 Å². The Balaban J connectivity index is 1.36. The minimum atomic E-state index is -0.344. The number of nitrogens with zero attached hydrogens (tertiary/aromatic N) is 6. The van der Waals surface area contributed by atoms with Gasteiger partial charge in [0.05, 0.1) is 18.8 Å². The summed E-state index contributed by atoms with van der Waals surface area (Å²) < 4.78 is 15.1. The number of benzene rings is 1. The van der Waals surface area contributed by atoms with E-state index in [1.807, 2.05) is 17.1 Å². The minimum Gasteiger partial charge on any atom is -0.391 e. The van der Waals surface area contributed by atoms with Gasteiger partial charge in [-0.2, -0.15) is 5.10 Å². The second kappa shape index (κ2) is 9.98. The molecule has 0 unspecified atom stereocenters. The fourth-order valence-corrected chi connectivity index (χ4v) is 3.98. The highest BCUT2D eigenvalue weighted by molar-refractivity contribution is 5.72. The molecular weight excluding hydrogens is 395 g/mol. The summed E-state index contributed by atoms with van der Waals surface area (Å²) in [4.78, 5) is 13.7. The molecule has 1 N–H and O–H groups in total. The van der Waals surface area contributed by atoms with Gasteiger partial charge in [0.15, 0.2) is 5.82 Å². The SMILES string of the molecule is CCC[C@H](O)Cn1cc(CN2CCN(c3nccnc3-c3ccc(F)cc3)CC2)cn1. The highest BCUT2D eigenvalue weighted by atomic mass is 19.1. The molecule has 4 rings (SSSR count). The molecule has 0 bridgehead atoms. The van der Waals surface area contributed by atoms with Gasteiger partial charge in [-0.15, -0.1) is 0 Å². The number of aromatic nitrogens is 4. The topological polar surface area (TPSA) is 70.3 Å². The van der Waals surface area contributed by atoms with Crippen molar-refractivity contribution in [2.24, 2.45) is 0 Å². The largest absolute Gasteiger partial charge is 0.391 e. The Morgan fingerprint density at radius 2 is 1.81 bits per heavy atom. The lowest BCUT2D eigenvalue weighted by Crippen LogP contribution is -2.46. The van der Waals surface area contributed by atoms with Gasteiger partial charge in [0.1, 0.15) is 11.5 Å². The lowest BCUT2D eigenvalue weighted by atomic mass is 10.1. The molecule has 3 heterocycles. The fourth-order valence-electron chi connectivity index (χ4n) is 3.98. The fraction of sp³-hybridized carbons (Fsp3) is 0.435. The zero-order valence-corrected chi connectivity index (χ0v) is 17.9. The highest BCUT2D eigenvalue weighted by Crippen LogP contribution is 2.27. The molecule has 1 aliphatic heterocycles. The summed E-state index contributed by atoms with van der Waals surface area (Å²) in [6.45, 7) is 6.95. The molecule has 0 saturated carbocycles. The first kappa shape index (κ1) is 21.4. The third-order valence-electron chi connectivity index (χ3n) is 5.58. The summed E-state index contributed by atoms with van der Waals surface area (Å²) >= 11 is 0. The van der Waals surface area contributed by atoms with Gasteiger partial charge in [0.25, 0.3) is 0 Å². The van der Waals surface area contributed by atoms with Gasteiger partial charge < -0.3 is 10.0 Å². The molecule has 8 heteroatoms. The Hall–Kier alpha value is -2.84. The summed E-state index contributed by atoms with van der Waals surface area (Å²) in [5.41, 5.74) is 2.80. The third kappa shape index (κ3) is 5.45. The molecule has 7 nitrogen and oxygen atoms in total. The number of rotatable bonds is 8. The highest BCUT2D eigenvalue weighted by Gasteiger charge is 2.22. The average molecular weight is 425 g/mol. The molecule has 31 heavy (non-hydrogen) atoms. The molecular formula is C23H29FN6O. The van der Waals surface area contributed by atoms with E-state index in [9.17, 15) is 9.50 Å². The predicted octanol–water partition coefficient (Wildman–Crippen LogP) is 2.96. The minimum absolute atomic E-state index is 0.258. The van der Waals surface area contributed by atoms with E-state index in [2.05, 4.69) is 31.8 Å². The van der Waals surface area contributed by atoms with Gasteiger partial charge in [0.2, 0.25) is 0 Å². The normalized spacial score (nSPS) is 15.9. The maximum absolute atomic E-state index is 13.3. The van der Waals surface area contributed by atoms with Crippen LogP contribution in [0.4, 0.5) is 10.2 Å². The van der Waals surface area contributed by atoms with E-state index < -0.39 is 0 Å². The van der Waals surface area contributed by atoms with E-state index in [0.29, 0.717) is 6.54 Å². The average Bonchev–Trinajstić information content (AvgIpc) is 3.21. The predicted molar refractivity (Wildman–Crippen MR) is 118 cm³/mol. The summed E-state index contributed by atoms with van der Waals surface area (Å²) in [6, 6.07) is 6.39. The zero-order chi connectivity index (χ0) is 21.6. The maximum Gasteiger partial charge on any atom is 0.155 e. The van der Waals surface area contributed by atoms with Gasteiger partial charge in [-0.05, 0) is 30.7 Å². The molecule has 1 atom stereocenters. The number of piperazine rings is 1. The molecule has 0 spiro atoms. The number of aliphatic hydroxyl groups excluding tert-OH is 1. The lowest BCUT2D eigenvalue weighted by Gasteiger charge is -2.35. The van der Waals surface area contributed by atoms with Crippen LogP contribution in [0.2, 0.25) is 0 Å². The van der Waals surface area contributed by atoms with E-state index >= 15 is 0 Å². The molecule has 0 amide bonds. The molecule has 0 aliphatic carbocycles. The summed E-state index contributed by atoms with van der Waals surface area (Å²) in [5, 5.41) is 14.4. The summed E-state index contributed by atoms with van der Waals surface area (Å²) in [5.74, 6) is 0.581. The van der Waals surface area contributed by atoms with Crippen LogP contribution in [0.15, 0.2) is 49.1 Å². The Bertz CT molecular complexity index is 968. The van der Waals surface area contributed by atoms with Crippen LogP contribution in [0, 0.1) is 5.82 Å². The third-order valence-corrected chi connectivity index (χ3v) is 5.58. The maximum atomic E-state index is 13.3. The molecule has 1 saturated heterocycles. The monoisotopic (exact) mass is 424 g/mol. The summed E-state index contributed by atoms with van der Waals surface area (Å²) in [7, 11) is 0. The Kier molecular flexibility index (Phi) is 6.89. The van der Waals surface area contributed by atoms with Crippen molar-refractivity contribution in [1.29, 1.82) is 0 Å². The number of hydrogen-bond donors (Lipinski definition) is 1. The molecule has 1 aromatic carbocycles. The zero-order valence-electron chi connectivity index (χ0n) is 17.9. The van der Waals surface area contributed by atoms with Crippen molar-refractivity contribution in [2.75, 3.05) is 31.1 Å². The quantitative estimate of drug-likeness (QED) is 0.600. The van der Waals surface area contributed by atoms with Crippen molar-refractivity contribution in [1.82, 2.24) is 24.6 Å². The van der Waals surface area contributed by atoms with E-state index in [1.165, 1.54) is 12.1 Å². The first-order valence-corrected chi connectivity index (χ1v) is 10.9. The van der Waals surface area contributed by atoms with Gasteiger partial charge in [0, 0.05) is 62.4 Å². The molecule has 3 aromatic rings. The van der Waals surface area contributed by atoms with E-state index in [0.717, 1.165) is 68.2 Å².